The number of nitrogens with one attached hydrogen (secondary N) is 1. The Bertz CT molecular complexity index is 473. The number of thiophene rings is 1. The Morgan fingerprint density at radius 1 is 1.21 bits per heavy atom. The van der Waals surface area contributed by atoms with E-state index in [1.54, 1.807) is 0 Å². The average Bonchev–Trinajstić information content (AvgIpc) is 2.66. The largest absolute Gasteiger partial charge is 0.377 e. The van der Waals surface area contributed by atoms with Crippen LogP contribution in [0.2, 0.25) is 0 Å². The lowest BCUT2D eigenvalue weighted by Gasteiger charge is -2.24. The lowest BCUT2D eigenvalue weighted by molar-refractivity contribution is 0.879. The van der Waals surface area contributed by atoms with Crippen molar-refractivity contribution >= 4 is 17.0 Å². The lowest BCUT2D eigenvalue weighted by atomic mass is 9.96. The van der Waals surface area contributed by atoms with Crippen LogP contribution >= 0.6 is 11.3 Å². The van der Waals surface area contributed by atoms with Gasteiger partial charge >= 0.3 is 0 Å². The fraction of sp³-hybridized carbons (Fsp3) is 0.167. The van der Waals surface area contributed by atoms with Crippen LogP contribution < -0.4 is 5.32 Å². The molecule has 1 aromatic carbocycles. The summed E-state index contributed by atoms with van der Waals surface area (Å²) in [5.74, 6) is 0. The molecule has 14 heavy (non-hydrogen) atoms. The Balaban J connectivity index is 2.30. The zero-order valence-corrected chi connectivity index (χ0v) is 8.77. The predicted octanol–water partition coefficient (Wildman–Crippen LogP) is 3.90. The molecule has 1 aliphatic heterocycles. The third kappa shape index (κ3) is 1.01. The minimum absolute atomic E-state index is 0.424. The van der Waals surface area contributed by atoms with E-state index in [0.29, 0.717) is 6.04 Å². The van der Waals surface area contributed by atoms with Crippen molar-refractivity contribution in [3.05, 3.63) is 41.3 Å². The maximum atomic E-state index is 3.51. The van der Waals surface area contributed by atoms with Crippen molar-refractivity contribution in [3.63, 3.8) is 0 Å². The molecule has 0 spiro atoms. The fourth-order valence-corrected chi connectivity index (χ4v) is 2.93. The van der Waals surface area contributed by atoms with E-state index in [1.807, 2.05) is 11.3 Å². The summed E-state index contributed by atoms with van der Waals surface area (Å²) in [6.07, 6.45) is 0. The average molecular weight is 201 g/mol. The summed E-state index contributed by atoms with van der Waals surface area (Å²) < 4.78 is 0. The molecule has 0 bridgehead atoms. The summed E-state index contributed by atoms with van der Waals surface area (Å²) in [4.78, 5) is 1.37. The summed E-state index contributed by atoms with van der Waals surface area (Å²) in [5.41, 5.74) is 4.08. The topological polar surface area (TPSA) is 12.0 Å². The van der Waals surface area contributed by atoms with Crippen molar-refractivity contribution in [2.24, 2.45) is 0 Å². The van der Waals surface area contributed by atoms with Crippen LogP contribution in [0.4, 0.5) is 5.69 Å². The minimum Gasteiger partial charge on any atom is -0.377 e. The highest BCUT2D eigenvalue weighted by Crippen LogP contribution is 2.43. The van der Waals surface area contributed by atoms with E-state index in [4.69, 9.17) is 0 Å². The van der Waals surface area contributed by atoms with Gasteiger partial charge in [-0.1, -0.05) is 24.3 Å². The number of benzene rings is 1. The zero-order valence-electron chi connectivity index (χ0n) is 7.95. The van der Waals surface area contributed by atoms with Crippen LogP contribution in [0.5, 0.6) is 0 Å². The van der Waals surface area contributed by atoms with Gasteiger partial charge in [-0.15, -0.1) is 11.3 Å². The Labute approximate surface area is 87.4 Å². The second-order valence-corrected chi connectivity index (χ2v) is 4.53. The summed E-state index contributed by atoms with van der Waals surface area (Å²) in [5, 5.41) is 5.65. The van der Waals surface area contributed by atoms with Gasteiger partial charge in [0, 0.05) is 6.04 Å². The second-order valence-electron chi connectivity index (χ2n) is 3.62. The second kappa shape index (κ2) is 2.85. The van der Waals surface area contributed by atoms with E-state index in [2.05, 4.69) is 48.0 Å². The highest BCUT2D eigenvalue weighted by molar-refractivity contribution is 7.14. The van der Waals surface area contributed by atoms with Crippen molar-refractivity contribution in [2.75, 3.05) is 5.32 Å². The van der Waals surface area contributed by atoms with Crippen molar-refractivity contribution in [1.29, 1.82) is 0 Å². The Kier molecular flexibility index (Phi) is 1.64. The molecule has 1 nitrogen and oxygen atoms in total. The van der Waals surface area contributed by atoms with E-state index in [-0.39, 0.29) is 0 Å². The smallest absolute Gasteiger partial charge is 0.0577 e. The highest BCUT2D eigenvalue weighted by Gasteiger charge is 2.20. The van der Waals surface area contributed by atoms with Crippen LogP contribution in [0, 0.1) is 0 Å². The first kappa shape index (κ1) is 8.06. The van der Waals surface area contributed by atoms with Crippen LogP contribution in [0.25, 0.3) is 10.4 Å². The molecule has 1 atom stereocenters. The first-order chi connectivity index (χ1) is 6.86. The van der Waals surface area contributed by atoms with Crippen molar-refractivity contribution in [2.45, 2.75) is 13.0 Å². The summed E-state index contributed by atoms with van der Waals surface area (Å²) in [6.45, 7) is 2.21. The molecule has 1 unspecified atom stereocenters. The number of hydrogen-bond donors (Lipinski definition) is 1. The molecular formula is C12H11NS. The van der Waals surface area contributed by atoms with Crippen LogP contribution in [0.3, 0.4) is 0 Å². The van der Waals surface area contributed by atoms with Gasteiger partial charge in [0.2, 0.25) is 0 Å². The predicted molar refractivity (Wildman–Crippen MR) is 61.8 cm³/mol. The van der Waals surface area contributed by atoms with Crippen molar-refractivity contribution < 1.29 is 0 Å². The lowest BCUT2D eigenvalue weighted by Crippen LogP contribution is -2.11. The van der Waals surface area contributed by atoms with E-state index in [1.165, 1.54) is 21.7 Å². The van der Waals surface area contributed by atoms with Gasteiger partial charge in [-0.05, 0) is 29.5 Å². The Morgan fingerprint density at radius 3 is 3.00 bits per heavy atom. The zero-order chi connectivity index (χ0) is 9.54. The molecular weight excluding hydrogens is 190 g/mol. The number of hydrogen-bond acceptors (Lipinski definition) is 2. The van der Waals surface area contributed by atoms with Crippen molar-refractivity contribution in [1.82, 2.24) is 0 Å². The number of fused-ring (bicyclic) bond motifs is 3. The molecule has 2 aromatic rings. The SMILES string of the molecule is CC1Nc2ccsc2-c2ccccc21. The van der Waals surface area contributed by atoms with Crippen LogP contribution in [0.1, 0.15) is 18.5 Å². The molecule has 0 saturated heterocycles. The molecule has 0 radical (unpaired) electrons. The summed E-state index contributed by atoms with van der Waals surface area (Å²) >= 11 is 1.81. The van der Waals surface area contributed by atoms with Gasteiger partial charge in [-0.3, -0.25) is 0 Å². The van der Waals surface area contributed by atoms with Crippen LogP contribution in [-0.2, 0) is 0 Å². The minimum atomic E-state index is 0.424. The maximum absolute atomic E-state index is 3.51. The van der Waals surface area contributed by atoms with Gasteiger partial charge in [0.15, 0.2) is 0 Å². The van der Waals surface area contributed by atoms with E-state index in [9.17, 15) is 0 Å². The Hall–Kier alpha value is -1.28. The summed E-state index contributed by atoms with van der Waals surface area (Å²) in [7, 11) is 0. The molecule has 0 saturated carbocycles. The molecule has 2 heteroatoms. The first-order valence-electron chi connectivity index (χ1n) is 4.79. The van der Waals surface area contributed by atoms with E-state index >= 15 is 0 Å². The molecule has 1 aliphatic rings. The molecule has 2 heterocycles. The molecule has 70 valence electrons. The maximum Gasteiger partial charge on any atom is 0.0577 e. The Morgan fingerprint density at radius 2 is 2.07 bits per heavy atom. The number of rotatable bonds is 0. The monoisotopic (exact) mass is 201 g/mol. The fourth-order valence-electron chi connectivity index (χ4n) is 2.02. The molecule has 0 amide bonds. The van der Waals surface area contributed by atoms with Crippen LogP contribution in [-0.4, -0.2) is 0 Å². The molecule has 1 aromatic heterocycles. The van der Waals surface area contributed by atoms with Gasteiger partial charge in [0.1, 0.15) is 0 Å². The van der Waals surface area contributed by atoms with E-state index < -0.39 is 0 Å². The number of anilines is 1. The first-order valence-corrected chi connectivity index (χ1v) is 5.67. The van der Waals surface area contributed by atoms with E-state index in [0.717, 1.165) is 0 Å². The van der Waals surface area contributed by atoms with Gasteiger partial charge in [-0.2, -0.15) is 0 Å². The highest BCUT2D eigenvalue weighted by atomic mass is 32.1. The van der Waals surface area contributed by atoms with Gasteiger partial charge in [0.05, 0.1) is 10.6 Å². The third-order valence-electron chi connectivity index (χ3n) is 2.71. The van der Waals surface area contributed by atoms with Gasteiger partial charge in [0.25, 0.3) is 0 Å². The quantitative estimate of drug-likeness (QED) is 0.681. The molecule has 0 aliphatic carbocycles. The molecule has 0 fully saturated rings. The molecule has 3 rings (SSSR count). The standard InChI is InChI=1S/C12H11NS/c1-8-9-4-2-3-5-10(9)12-11(13-8)6-7-14-12/h2-8,13H,1H3. The van der Waals surface area contributed by atoms with Crippen molar-refractivity contribution in [3.8, 4) is 10.4 Å². The normalized spacial score (nSPS) is 18.2. The molecule has 1 N–H and O–H groups in total. The summed E-state index contributed by atoms with van der Waals surface area (Å²) in [6, 6.07) is 11.2. The third-order valence-corrected chi connectivity index (χ3v) is 3.66. The van der Waals surface area contributed by atoms with Gasteiger partial charge < -0.3 is 5.32 Å². The van der Waals surface area contributed by atoms with Gasteiger partial charge in [-0.25, -0.2) is 0 Å². The van der Waals surface area contributed by atoms with Crippen LogP contribution in [0.15, 0.2) is 35.7 Å².